The van der Waals surface area contributed by atoms with Crippen molar-refractivity contribution in [1.82, 2.24) is 0 Å². The number of para-hydroxylation sites is 1. The number of nitriles is 1. The van der Waals surface area contributed by atoms with Crippen LogP contribution < -0.4 is 9.62 Å². The van der Waals surface area contributed by atoms with Crippen LogP contribution in [0.1, 0.15) is 16.7 Å². The van der Waals surface area contributed by atoms with E-state index in [2.05, 4.69) is 5.32 Å². The van der Waals surface area contributed by atoms with Gasteiger partial charge in [-0.05, 0) is 53.3 Å². The number of rotatable bonds is 7. The Bertz CT molecular complexity index is 1400. The summed E-state index contributed by atoms with van der Waals surface area (Å²) >= 11 is 1.20. The average molecular weight is 494 g/mol. The number of hydrogen-bond acceptors (Lipinski definition) is 7. The molecule has 0 radical (unpaired) electrons. The first-order valence-electron chi connectivity index (χ1n) is 10.2. The minimum atomic E-state index is -3.69. The van der Waals surface area contributed by atoms with E-state index in [0.29, 0.717) is 34.8 Å². The van der Waals surface area contributed by atoms with Crippen LogP contribution in [0.4, 0.5) is 10.7 Å². The highest BCUT2D eigenvalue weighted by Gasteiger charge is 2.30. The zero-order valence-electron chi connectivity index (χ0n) is 17.8. The molecule has 0 saturated heterocycles. The molecule has 2 aromatic carbocycles. The number of benzene rings is 2. The Morgan fingerprint density at radius 2 is 1.91 bits per heavy atom. The number of thiophene rings is 1. The minimum absolute atomic E-state index is 0.158. The monoisotopic (exact) mass is 493 g/mol. The molecular weight excluding hydrogens is 474 g/mol. The molecule has 4 rings (SSSR count). The van der Waals surface area contributed by atoms with Gasteiger partial charge in [0.25, 0.3) is 15.9 Å². The van der Waals surface area contributed by atoms with Crippen LogP contribution in [0.15, 0.2) is 70.9 Å². The summed E-state index contributed by atoms with van der Waals surface area (Å²) in [4.78, 5) is 24.0. The lowest BCUT2D eigenvalue weighted by Crippen LogP contribution is -2.29. The van der Waals surface area contributed by atoms with Crippen LogP contribution in [-0.2, 0) is 30.8 Å². The molecule has 0 spiro atoms. The fourth-order valence-corrected chi connectivity index (χ4v) is 5.70. The Morgan fingerprint density at radius 1 is 1.15 bits per heavy atom. The molecular formula is C24H19N3O5S2. The van der Waals surface area contributed by atoms with Gasteiger partial charge in [0.05, 0.1) is 16.1 Å². The van der Waals surface area contributed by atoms with Gasteiger partial charge in [0.15, 0.2) is 6.61 Å². The van der Waals surface area contributed by atoms with Crippen LogP contribution in [-0.4, -0.2) is 33.4 Å². The largest absolute Gasteiger partial charge is 0.452 e. The molecule has 3 aromatic rings. The smallest absolute Gasteiger partial charge is 0.331 e. The Labute approximate surface area is 200 Å². The molecule has 0 saturated carbocycles. The number of anilines is 2. The molecule has 1 aromatic heterocycles. The lowest BCUT2D eigenvalue weighted by molar-refractivity contribution is -0.142. The van der Waals surface area contributed by atoms with Gasteiger partial charge in [0.1, 0.15) is 11.1 Å². The fraction of sp³-hybridized carbons (Fsp3) is 0.125. The second-order valence-electron chi connectivity index (χ2n) is 7.29. The van der Waals surface area contributed by atoms with E-state index in [1.807, 2.05) is 24.3 Å². The van der Waals surface area contributed by atoms with E-state index in [1.165, 1.54) is 33.9 Å². The van der Waals surface area contributed by atoms with Gasteiger partial charge in [-0.3, -0.25) is 9.10 Å². The second kappa shape index (κ2) is 9.91. The van der Waals surface area contributed by atoms with Gasteiger partial charge in [-0.2, -0.15) is 5.26 Å². The molecule has 0 bridgehead atoms. The second-order valence-corrected chi connectivity index (χ2v) is 10.1. The molecule has 0 aliphatic carbocycles. The highest BCUT2D eigenvalue weighted by molar-refractivity contribution is 7.92. The van der Waals surface area contributed by atoms with Crippen molar-refractivity contribution in [1.29, 1.82) is 5.26 Å². The molecule has 172 valence electrons. The van der Waals surface area contributed by atoms with Crippen molar-refractivity contribution in [3.8, 4) is 6.07 Å². The van der Waals surface area contributed by atoms with Gasteiger partial charge >= 0.3 is 5.97 Å². The quantitative estimate of drug-likeness (QED) is 0.397. The number of carbonyl (C=O) groups excluding carboxylic acids is 2. The highest BCUT2D eigenvalue weighted by Crippen LogP contribution is 2.32. The SMILES string of the molecule is N#Cc1ccsc1NC(=O)COC(=O)/C=C/c1ccc(S(=O)(=O)N2CCc3ccccc32)cc1. The fourth-order valence-electron chi connectivity index (χ4n) is 3.44. The summed E-state index contributed by atoms with van der Waals surface area (Å²) in [7, 11) is -3.69. The summed E-state index contributed by atoms with van der Waals surface area (Å²) in [6.45, 7) is -0.104. The Hall–Kier alpha value is -3.94. The van der Waals surface area contributed by atoms with E-state index >= 15 is 0 Å². The molecule has 8 nitrogen and oxygen atoms in total. The number of esters is 1. The predicted molar refractivity (Wildman–Crippen MR) is 129 cm³/mol. The van der Waals surface area contributed by atoms with Gasteiger partial charge in [-0.25, -0.2) is 13.2 Å². The third kappa shape index (κ3) is 5.01. The molecule has 0 unspecified atom stereocenters. The van der Waals surface area contributed by atoms with Crippen LogP contribution in [0.3, 0.4) is 0 Å². The van der Waals surface area contributed by atoms with E-state index in [4.69, 9.17) is 10.00 Å². The first-order chi connectivity index (χ1) is 16.4. The number of sulfonamides is 1. The maximum absolute atomic E-state index is 13.1. The Morgan fingerprint density at radius 3 is 2.68 bits per heavy atom. The van der Waals surface area contributed by atoms with Gasteiger partial charge in [0, 0.05) is 12.6 Å². The summed E-state index contributed by atoms with van der Waals surface area (Å²) in [5.74, 6) is -1.29. The summed E-state index contributed by atoms with van der Waals surface area (Å²) in [5, 5.41) is 13.5. The highest BCUT2D eigenvalue weighted by atomic mass is 32.2. The zero-order chi connectivity index (χ0) is 24.1. The molecule has 1 amide bonds. The van der Waals surface area contributed by atoms with Crippen molar-refractivity contribution in [3.05, 3.63) is 82.7 Å². The molecule has 0 atom stereocenters. The van der Waals surface area contributed by atoms with Crippen LogP contribution in [0.25, 0.3) is 6.08 Å². The normalized spacial score (nSPS) is 12.9. The van der Waals surface area contributed by atoms with Crippen LogP contribution in [0.5, 0.6) is 0 Å². The summed E-state index contributed by atoms with van der Waals surface area (Å²) in [6, 6.07) is 17.1. The molecule has 1 aliphatic heterocycles. The molecule has 34 heavy (non-hydrogen) atoms. The Kier molecular flexibility index (Phi) is 6.77. The van der Waals surface area contributed by atoms with Crippen molar-refractivity contribution >= 4 is 50.0 Å². The standard InChI is InChI=1S/C24H19N3O5S2/c25-15-19-12-14-33-24(19)26-22(28)16-32-23(29)10-7-17-5-8-20(9-6-17)34(30,31)27-13-11-18-3-1-2-4-21(18)27/h1-10,12,14H,11,13,16H2,(H,26,28)/b10-7+. The number of fused-ring (bicyclic) bond motifs is 1. The lowest BCUT2D eigenvalue weighted by Gasteiger charge is -2.19. The molecule has 0 fully saturated rings. The predicted octanol–water partition coefficient (Wildman–Crippen LogP) is 3.57. The van der Waals surface area contributed by atoms with Crippen LogP contribution in [0.2, 0.25) is 0 Å². The molecule has 10 heteroatoms. The number of hydrogen-bond donors (Lipinski definition) is 1. The molecule has 1 N–H and O–H groups in total. The van der Waals surface area contributed by atoms with Gasteiger partial charge < -0.3 is 10.1 Å². The number of nitrogens with zero attached hydrogens (tertiary/aromatic N) is 2. The lowest BCUT2D eigenvalue weighted by atomic mass is 10.2. The van der Waals surface area contributed by atoms with Crippen molar-refractivity contribution in [3.63, 3.8) is 0 Å². The van der Waals surface area contributed by atoms with Crippen molar-refractivity contribution < 1.29 is 22.7 Å². The third-order valence-corrected chi connectivity index (χ3v) is 7.77. The number of nitrogens with one attached hydrogen (secondary N) is 1. The van der Waals surface area contributed by atoms with E-state index in [1.54, 1.807) is 29.6 Å². The summed E-state index contributed by atoms with van der Waals surface area (Å²) in [6.07, 6.45) is 3.29. The zero-order valence-corrected chi connectivity index (χ0v) is 19.4. The maximum Gasteiger partial charge on any atom is 0.331 e. The first-order valence-corrected chi connectivity index (χ1v) is 12.5. The minimum Gasteiger partial charge on any atom is -0.452 e. The summed E-state index contributed by atoms with van der Waals surface area (Å²) in [5.41, 5.74) is 2.63. The van der Waals surface area contributed by atoms with E-state index < -0.39 is 28.5 Å². The van der Waals surface area contributed by atoms with Crippen molar-refractivity contribution in [2.24, 2.45) is 0 Å². The van der Waals surface area contributed by atoms with Crippen molar-refractivity contribution in [2.45, 2.75) is 11.3 Å². The summed E-state index contributed by atoms with van der Waals surface area (Å²) < 4.78 is 32.4. The van der Waals surface area contributed by atoms with E-state index in [9.17, 15) is 18.0 Å². The van der Waals surface area contributed by atoms with Gasteiger partial charge in [0.2, 0.25) is 0 Å². The van der Waals surface area contributed by atoms with Gasteiger partial charge in [-0.15, -0.1) is 11.3 Å². The molecule has 2 heterocycles. The van der Waals surface area contributed by atoms with Crippen molar-refractivity contribution in [2.75, 3.05) is 22.8 Å². The third-order valence-electron chi connectivity index (χ3n) is 5.11. The topological polar surface area (TPSA) is 117 Å². The van der Waals surface area contributed by atoms with Gasteiger partial charge in [-0.1, -0.05) is 30.3 Å². The number of amides is 1. The number of carbonyl (C=O) groups is 2. The van der Waals surface area contributed by atoms with Crippen LogP contribution in [0, 0.1) is 11.3 Å². The Balaban J connectivity index is 1.33. The first kappa shape index (κ1) is 23.2. The maximum atomic E-state index is 13.1. The van der Waals surface area contributed by atoms with E-state index in [-0.39, 0.29) is 4.90 Å². The number of ether oxygens (including phenoxy) is 1. The molecule has 1 aliphatic rings. The average Bonchev–Trinajstić information content (AvgIpc) is 3.48. The van der Waals surface area contributed by atoms with Crippen LogP contribution >= 0.6 is 11.3 Å². The van der Waals surface area contributed by atoms with E-state index in [0.717, 1.165) is 11.6 Å².